The maximum absolute atomic E-state index is 12.5. The number of piperidine rings is 3. The maximum Gasteiger partial charge on any atom is 0.156 e. The molecule has 2 heteroatoms. The van der Waals surface area contributed by atoms with Gasteiger partial charge in [-0.15, -0.1) is 0 Å². The van der Waals surface area contributed by atoms with E-state index in [1.54, 1.807) is 0 Å². The Kier molecular flexibility index (Phi) is 1.85. The highest BCUT2D eigenvalue weighted by Gasteiger charge is 2.67. The molecule has 1 spiro atoms. The van der Waals surface area contributed by atoms with E-state index < -0.39 is 0 Å². The highest BCUT2D eigenvalue weighted by Crippen LogP contribution is 2.60. The first kappa shape index (κ1) is 9.84. The van der Waals surface area contributed by atoms with Crippen molar-refractivity contribution in [3.05, 3.63) is 35.9 Å². The molecule has 4 aliphatic rings. The number of nitrogens with zero attached hydrogens (tertiary/aromatic N) is 1. The van der Waals surface area contributed by atoms with E-state index >= 15 is 0 Å². The van der Waals surface area contributed by atoms with Crippen LogP contribution in [0.25, 0.3) is 0 Å². The molecular weight excluding hydrogens is 210 g/mol. The number of carbonyl (C=O) groups is 1. The number of hydrogen-bond donors (Lipinski definition) is 0. The lowest BCUT2D eigenvalue weighted by Gasteiger charge is -2.45. The molecule has 3 aliphatic heterocycles. The van der Waals surface area contributed by atoms with Crippen LogP contribution in [0.1, 0.15) is 30.7 Å². The summed E-state index contributed by atoms with van der Waals surface area (Å²) in [6, 6.07) is 10.6. The Morgan fingerprint density at radius 3 is 2.47 bits per heavy atom. The van der Waals surface area contributed by atoms with Crippen LogP contribution in [0.5, 0.6) is 0 Å². The van der Waals surface area contributed by atoms with E-state index in [1.165, 1.54) is 5.56 Å². The van der Waals surface area contributed by atoms with E-state index in [2.05, 4.69) is 29.2 Å². The molecule has 0 aromatic heterocycles. The van der Waals surface area contributed by atoms with Gasteiger partial charge in [0.2, 0.25) is 0 Å². The lowest BCUT2D eigenvalue weighted by atomic mass is 9.79. The third-order valence-electron chi connectivity index (χ3n) is 4.99. The molecule has 3 saturated heterocycles. The predicted molar refractivity (Wildman–Crippen MR) is 65.8 cm³/mol. The summed E-state index contributed by atoms with van der Waals surface area (Å²) in [5.41, 5.74) is 1.27. The van der Waals surface area contributed by atoms with E-state index in [0.717, 1.165) is 32.4 Å². The quantitative estimate of drug-likeness (QED) is 0.733. The Morgan fingerprint density at radius 2 is 1.82 bits per heavy atom. The van der Waals surface area contributed by atoms with Crippen molar-refractivity contribution in [3.8, 4) is 0 Å². The first-order valence-corrected chi connectivity index (χ1v) is 6.67. The average Bonchev–Trinajstić information content (AvgIpc) is 3.13. The van der Waals surface area contributed by atoms with Crippen LogP contribution < -0.4 is 0 Å². The Balaban J connectivity index is 1.70. The SMILES string of the molecule is O=C1C2CCN(CC2)[C@@]12C[C@H]2c1ccccc1. The molecule has 3 heterocycles. The van der Waals surface area contributed by atoms with Crippen LogP contribution in [-0.4, -0.2) is 29.3 Å². The lowest BCUT2D eigenvalue weighted by Crippen LogP contribution is -2.58. The van der Waals surface area contributed by atoms with E-state index in [1.807, 2.05) is 6.07 Å². The summed E-state index contributed by atoms with van der Waals surface area (Å²) in [6.07, 6.45) is 3.26. The number of rotatable bonds is 1. The summed E-state index contributed by atoms with van der Waals surface area (Å²) in [4.78, 5) is 15.0. The Hall–Kier alpha value is -1.15. The van der Waals surface area contributed by atoms with Crippen molar-refractivity contribution in [2.45, 2.75) is 30.7 Å². The fourth-order valence-corrected chi connectivity index (χ4v) is 4.00. The van der Waals surface area contributed by atoms with Crippen molar-refractivity contribution in [2.75, 3.05) is 13.1 Å². The summed E-state index contributed by atoms with van der Waals surface area (Å²) in [6.45, 7) is 2.28. The largest absolute Gasteiger partial charge is 0.297 e. The molecule has 2 atom stereocenters. The molecule has 2 bridgehead atoms. The van der Waals surface area contributed by atoms with Gasteiger partial charge in [-0.2, -0.15) is 0 Å². The summed E-state index contributed by atoms with van der Waals surface area (Å²) < 4.78 is 0. The van der Waals surface area contributed by atoms with Gasteiger partial charge >= 0.3 is 0 Å². The molecule has 1 aromatic carbocycles. The normalized spacial score (nSPS) is 43.1. The van der Waals surface area contributed by atoms with Crippen molar-refractivity contribution in [1.82, 2.24) is 4.90 Å². The second kappa shape index (κ2) is 3.20. The van der Waals surface area contributed by atoms with Crippen LogP contribution in [0.4, 0.5) is 0 Å². The Bertz CT molecular complexity index is 461. The van der Waals surface area contributed by atoms with Crippen LogP contribution >= 0.6 is 0 Å². The van der Waals surface area contributed by atoms with Crippen LogP contribution in [0.15, 0.2) is 30.3 Å². The van der Waals surface area contributed by atoms with Gasteiger partial charge in [0.25, 0.3) is 0 Å². The molecule has 5 rings (SSSR count). The van der Waals surface area contributed by atoms with Crippen molar-refractivity contribution in [3.63, 3.8) is 0 Å². The smallest absolute Gasteiger partial charge is 0.156 e. The summed E-state index contributed by atoms with van der Waals surface area (Å²) in [5, 5.41) is 0. The number of Topliss-reactive ketones (excluding diaryl/α,β-unsaturated/α-hetero) is 1. The van der Waals surface area contributed by atoms with Gasteiger partial charge in [-0.1, -0.05) is 30.3 Å². The standard InChI is InChI=1S/C15H17NO/c17-14-12-6-8-16(9-7-12)15(14)10-13(15)11-4-2-1-3-5-11/h1-5,12-13H,6-10H2/t13-,15+/m0/s1. The summed E-state index contributed by atoms with van der Waals surface area (Å²) in [7, 11) is 0. The second-order valence-corrected chi connectivity index (χ2v) is 5.72. The van der Waals surface area contributed by atoms with Crippen molar-refractivity contribution >= 4 is 5.78 Å². The van der Waals surface area contributed by atoms with Crippen molar-refractivity contribution < 1.29 is 4.79 Å². The van der Waals surface area contributed by atoms with Gasteiger partial charge in [0, 0.05) is 11.8 Å². The van der Waals surface area contributed by atoms with Crippen LogP contribution in [0, 0.1) is 5.92 Å². The van der Waals surface area contributed by atoms with Crippen molar-refractivity contribution in [2.24, 2.45) is 5.92 Å². The molecule has 4 fully saturated rings. The van der Waals surface area contributed by atoms with Gasteiger partial charge in [-0.05, 0) is 37.9 Å². The molecule has 17 heavy (non-hydrogen) atoms. The first-order chi connectivity index (χ1) is 8.32. The zero-order chi connectivity index (χ0) is 11.5. The predicted octanol–water partition coefficient (Wildman–Crippen LogP) is 2.21. The monoisotopic (exact) mass is 227 g/mol. The number of carbonyl (C=O) groups excluding carboxylic acids is 1. The molecule has 0 amide bonds. The highest BCUT2D eigenvalue weighted by atomic mass is 16.1. The van der Waals surface area contributed by atoms with Gasteiger partial charge in [-0.25, -0.2) is 0 Å². The number of fused-ring (bicyclic) bond motifs is 2. The van der Waals surface area contributed by atoms with Crippen LogP contribution in [-0.2, 0) is 4.79 Å². The summed E-state index contributed by atoms with van der Waals surface area (Å²) in [5.74, 6) is 1.39. The highest BCUT2D eigenvalue weighted by molar-refractivity contribution is 5.96. The number of hydrogen-bond acceptors (Lipinski definition) is 2. The number of ketones is 1. The lowest BCUT2D eigenvalue weighted by molar-refractivity contribution is -0.139. The molecule has 88 valence electrons. The van der Waals surface area contributed by atoms with Crippen LogP contribution in [0.2, 0.25) is 0 Å². The molecular formula is C15H17NO. The molecule has 0 N–H and O–H groups in total. The van der Waals surface area contributed by atoms with E-state index in [-0.39, 0.29) is 5.54 Å². The van der Waals surface area contributed by atoms with Gasteiger partial charge < -0.3 is 0 Å². The fourth-order valence-electron chi connectivity index (χ4n) is 4.00. The van der Waals surface area contributed by atoms with Gasteiger partial charge in [0.15, 0.2) is 5.78 Å². The minimum absolute atomic E-state index is 0.0808. The third kappa shape index (κ3) is 1.17. The first-order valence-electron chi connectivity index (χ1n) is 6.67. The third-order valence-corrected chi connectivity index (χ3v) is 4.99. The molecule has 1 aromatic rings. The molecule has 0 unspecified atom stereocenters. The minimum atomic E-state index is -0.0808. The number of benzene rings is 1. The molecule has 1 aliphatic carbocycles. The summed E-state index contributed by atoms with van der Waals surface area (Å²) >= 11 is 0. The topological polar surface area (TPSA) is 20.3 Å². The van der Waals surface area contributed by atoms with E-state index in [4.69, 9.17) is 0 Å². The molecule has 1 saturated carbocycles. The Morgan fingerprint density at radius 1 is 1.12 bits per heavy atom. The van der Waals surface area contributed by atoms with Gasteiger partial charge in [0.1, 0.15) is 0 Å². The van der Waals surface area contributed by atoms with Gasteiger partial charge in [0.05, 0.1) is 5.54 Å². The fraction of sp³-hybridized carbons (Fsp3) is 0.533. The zero-order valence-corrected chi connectivity index (χ0v) is 9.93. The van der Waals surface area contributed by atoms with Crippen molar-refractivity contribution in [1.29, 1.82) is 0 Å². The van der Waals surface area contributed by atoms with E-state index in [0.29, 0.717) is 17.6 Å². The van der Waals surface area contributed by atoms with Crippen LogP contribution in [0.3, 0.4) is 0 Å². The molecule has 0 radical (unpaired) electrons. The van der Waals surface area contributed by atoms with E-state index in [9.17, 15) is 4.79 Å². The Labute approximate surface area is 102 Å². The maximum atomic E-state index is 12.5. The van der Waals surface area contributed by atoms with Gasteiger partial charge in [-0.3, -0.25) is 9.69 Å². The average molecular weight is 227 g/mol. The minimum Gasteiger partial charge on any atom is -0.297 e. The second-order valence-electron chi connectivity index (χ2n) is 5.72. The molecule has 2 nitrogen and oxygen atoms in total. The zero-order valence-electron chi connectivity index (χ0n) is 9.93.